The zero-order valence-electron chi connectivity index (χ0n) is 12.7. The molecular weight excluding hydrogens is 226 g/mol. The van der Waals surface area contributed by atoms with E-state index in [9.17, 15) is 0 Å². The molecular formula is C15H29NS. The summed E-state index contributed by atoms with van der Waals surface area (Å²) < 4.78 is 0.0830. The lowest BCUT2D eigenvalue weighted by molar-refractivity contribution is -0.150. The molecule has 2 fully saturated rings. The molecule has 1 nitrogen and oxygen atoms in total. The minimum absolute atomic E-state index is 0.0764. The first-order chi connectivity index (χ1) is 7.21. The fraction of sp³-hybridized carbons (Fsp3) is 1.00. The van der Waals surface area contributed by atoms with E-state index in [-0.39, 0.29) is 31.9 Å². The first kappa shape index (κ1) is 13.7. The first-order valence-corrected chi connectivity index (χ1v) is 7.17. The number of fused-ring (bicyclic) bond motifs is 1. The molecule has 4 atom stereocenters. The molecule has 2 saturated carbocycles. The van der Waals surface area contributed by atoms with Crippen LogP contribution in [0.15, 0.2) is 0 Å². The van der Waals surface area contributed by atoms with Crippen LogP contribution in [0.3, 0.4) is 0 Å². The van der Waals surface area contributed by atoms with Crippen molar-refractivity contribution in [1.82, 2.24) is 0 Å². The van der Waals surface area contributed by atoms with Crippen LogP contribution in [0.5, 0.6) is 0 Å². The van der Waals surface area contributed by atoms with Gasteiger partial charge < -0.3 is 5.73 Å². The third kappa shape index (κ3) is 0.918. The largest absolute Gasteiger partial charge is 0.324 e. The van der Waals surface area contributed by atoms with Crippen LogP contribution in [-0.4, -0.2) is 10.3 Å². The fourth-order valence-corrected chi connectivity index (χ4v) is 6.45. The summed E-state index contributed by atoms with van der Waals surface area (Å²) in [5.74, 6) is 0. The molecule has 0 radical (unpaired) electrons. The van der Waals surface area contributed by atoms with E-state index in [1.165, 1.54) is 0 Å². The zero-order valence-corrected chi connectivity index (χ0v) is 13.6. The van der Waals surface area contributed by atoms with Crippen molar-refractivity contribution in [1.29, 1.82) is 0 Å². The molecule has 2 heteroatoms. The summed E-state index contributed by atoms with van der Waals surface area (Å²) in [4.78, 5) is 0. The maximum Gasteiger partial charge on any atom is 0.0240 e. The molecule has 2 rings (SSSR count). The van der Waals surface area contributed by atoms with Crippen LogP contribution in [-0.2, 0) is 0 Å². The monoisotopic (exact) mass is 255 g/mol. The number of thiol groups is 1. The van der Waals surface area contributed by atoms with Crippen LogP contribution in [0.2, 0.25) is 0 Å². The molecule has 0 aliphatic heterocycles. The summed E-state index contributed by atoms with van der Waals surface area (Å²) in [5.41, 5.74) is 7.27. The summed E-state index contributed by atoms with van der Waals surface area (Å²) in [5, 5.41) is 0. The third-order valence-electron chi connectivity index (χ3n) is 8.10. The van der Waals surface area contributed by atoms with Crippen LogP contribution >= 0.6 is 12.6 Å². The molecule has 0 saturated heterocycles. The second-order valence-corrected chi connectivity index (χ2v) is 9.35. The molecule has 2 aliphatic rings. The Hall–Kier alpha value is 0.310. The first-order valence-electron chi connectivity index (χ1n) is 6.72. The molecule has 0 bridgehead atoms. The molecule has 0 amide bonds. The maximum atomic E-state index is 6.81. The quantitative estimate of drug-likeness (QED) is 0.631. The van der Waals surface area contributed by atoms with Crippen molar-refractivity contribution in [3.63, 3.8) is 0 Å². The van der Waals surface area contributed by atoms with Gasteiger partial charge >= 0.3 is 0 Å². The van der Waals surface area contributed by atoms with E-state index < -0.39 is 0 Å². The standard InChI is InChI=1S/C15H29NS/c1-10(2)12(5)9-13(6,17)14(12,7)11(3,4)15(10,8)16/h17H,9,16H2,1-8H3. The average Bonchev–Trinajstić information content (AvgIpc) is 2.17. The predicted octanol–water partition coefficient (Wildman–Crippen LogP) is 3.87. The van der Waals surface area contributed by atoms with Crippen LogP contribution in [0.1, 0.15) is 61.8 Å². The van der Waals surface area contributed by atoms with E-state index in [1.807, 2.05) is 0 Å². The van der Waals surface area contributed by atoms with Gasteiger partial charge in [-0.3, -0.25) is 0 Å². The Morgan fingerprint density at radius 1 is 0.824 bits per heavy atom. The molecule has 0 aromatic heterocycles. The van der Waals surface area contributed by atoms with Gasteiger partial charge in [0, 0.05) is 10.3 Å². The SMILES string of the molecule is CC1(S)CC2(C)C(C)(C)C(C)(N)C(C)(C)C12C. The van der Waals surface area contributed by atoms with E-state index in [2.05, 4.69) is 55.4 Å². The molecule has 0 spiro atoms. The number of nitrogens with two attached hydrogens (primary N) is 1. The second kappa shape index (κ2) is 2.75. The molecule has 4 unspecified atom stereocenters. The zero-order chi connectivity index (χ0) is 13.7. The Morgan fingerprint density at radius 3 is 1.47 bits per heavy atom. The minimum Gasteiger partial charge on any atom is -0.324 e. The lowest BCUT2D eigenvalue weighted by atomic mass is 9.38. The third-order valence-corrected chi connectivity index (χ3v) is 8.71. The van der Waals surface area contributed by atoms with Gasteiger partial charge in [-0.25, -0.2) is 0 Å². The van der Waals surface area contributed by atoms with Crippen molar-refractivity contribution in [3.05, 3.63) is 0 Å². The Labute approximate surface area is 112 Å². The van der Waals surface area contributed by atoms with Gasteiger partial charge in [-0.2, -0.15) is 12.6 Å². The fourth-order valence-electron chi connectivity index (χ4n) is 5.61. The van der Waals surface area contributed by atoms with Crippen LogP contribution in [0.4, 0.5) is 0 Å². The normalized spacial score (nSPS) is 59.6. The van der Waals surface area contributed by atoms with Gasteiger partial charge in [0.1, 0.15) is 0 Å². The molecule has 2 aliphatic carbocycles. The van der Waals surface area contributed by atoms with Crippen LogP contribution in [0.25, 0.3) is 0 Å². The lowest BCUT2D eigenvalue weighted by Gasteiger charge is -2.70. The van der Waals surface area contributed by atoms with E-state index in [4.69, 9.17) is 18.4 Å². The van der Waals surface area contributed by atoms with Crippen LogP contribution < -0.4 is 5.73 Å². The highest BCUT2D eigenvalue weighted by atomic mass is 32.1. The molecule has 0 heterocycles. The number of hydrogen-bond acceptors (Lipinski definition) is 2. The smallest absolute Gasteiger partial charge is 0.0240 e. The minimum atomic E-state index is -0.177. The van der Waals surface area contributed by atoms with Gasteiger partial charge in [-0.05, 0) is 35.0 Å². The summed E-state index contributed by atoms with van der Waals surface area (Å²) in [7, 11) is 0. The van der Waals surface area contributed by atoms with Crippen molar-refractivity contribution in [2.24, 2.45) is 27.4 Å². The number of rotatable bonds is 0. The van der Waals surface area contributed by atoms with Crippen molar-refractivity contribution < 1.29 is 0 Å². The Balaban J connectivity index is 2.75. The maximum absolute atomic E-state index is 6.81. The average molecular weight is 255 g/mol. The molecule has 100 valence electrons. The van der Waals surface area contributed by atoms with Crippen molar-refractivity contribution in [2.45, 2.75) is 72.1 Å². The van der Waals surface area contributed by atoms with E-state index >= 15 is 0 Å². The van der Waals surface area contributed by atoms with Gasteiger partial charge in [0.2, 0.25) is 0 Å². The molecule has 0 aromatic rings. The van der Waals surface area contributed by atoms with Gasteiger partial charge in [0.25, 0.3) is 0 Å². The van der Waals surface area contributed by atoms with E-state index in [1.54, 1.807) is 0 Å². The van der Waals surface area contributed by atoms with E-state index in [0.29, 0.717) is 0 Å². The van der Waals surface area contributed by atoms with Crippen molar-refractivity contribution in [2.75, 3.05) is 0 Å². The van der Waals surface area contributed by atoms with E-state index in [0.717, 1.165) is 6.42 Å². The highest BCUT2D eigenvalue weighted by Crippen LogP contribution is 2.85. The highest BCUT2D eigenvalue weighted by Gasteiger charge is 2.84. The Bertz CT molecular complexity index is 357. The summed E-state index contributed by atoms with van der Waals surface area (Å²) >= 11 is 4.97. The van der Waals surface area contributed by atoms with Gasteiger partial charge in [0.05, 0.1) is 0 Å². The topological polar surface area (TPSA) is 26.0 Å². The van der Waals surface area contributed by atoms with Crippen molar-refractivity contribution in [3.8, 4) is 0 Å². The molecule has 2 N–H and O–H groups in total. The predicted molar refractivity (Wildman–Crippen MR) is 78.4 cm³/mol. The van der Waals surface area contributed by atoms with Gasteiger partial charge in [-0.1, -0.05) is 48.5 Å². The highest BCUT2D eigenvalue weighted by molar-refractivity contribution is 7.81. The number of hydrogen-bond donors (Lipinski definition) is 2. The summed E-state index contributed by atoms with van der Waals surface area (Å²) in [6.45, 7) is 18.7. The summed E-state index contributed by atoms with van der Waals surface area (Å²) in [6.07, 6.45) is 1.16. The summed E-state index contributed by atoms with van der Waals surface area (Å²) in [6, 6.07) is 0. The Morgan fingerprint density at radius 2 is 1.24 bits per heavy atom. The molecule has 0 aromatic carbocycles. The second-order valence-electron chi connectivity index (χ2n) is 8.36. The van der Waals surface area contributed by atoms with Gasteiger partial charge in [-0.15, -0.1) is 0 Å². The van der Waals surface area contributed by atoms with Crippen LogP contribution in [0, 0.1) is 21.7 Å². The molecule has 17 heavy (non-hydrogen) atoms. The lowest BCUT2D eigenvalue weighted by Crippen LogP contribution is -2.68. The van der Waals surface area contributed by atoms with Crippen molar-refractivity contribution >= 4 is 12.6 Å². The van der Waals surface area contributed by atoms with Gasteiger partial charge in [0.15, 0.2) is 0 Å². The Kier molecular flexibility index (Phi) is 2.22.